The molecule has 0 aliphatic heterocycles. The average Bonchev–Trinajstić information content (AvgIpc) is 2.82. The van der Waals surface area contributed by atoms with Crippen LogP contribution in [-0.4, -0.2) is 10.1 Å². The number of thiazole rings is 1. The first kappa shape index (κ1) is 12.1. The second kappa shape index (κ2) is 5.29. The van der Waals surface area contributed by atoms with E-state index < -0.39 is 0 Å². The Balaban J connectivity index is 2.04. The van der Waals surface area contributed by atoms with Crippen molar-refractivity contribution in [3.8, 4) is 5.75 Å². The molecule has 3 nitrogen and oxygen atoms in total. The number of aromatic hydroxyl groups is 1. The lowest BCUT2D eigenvalue weighted by Crippen LogP contribution is -2.17. The molecule has 0 aliphatic rings. The predicted molar refractivity (Wildman–Crippen MR) is 70.2 cm³/mol. The van der Waals surface area contributed by atoms with Crippen molar-refractivity contribution in [3.05, 3.63) is 45.9 Å². The monoisotopic (exact) mass is 248 g/mol. The van der Waals surface area contributed by atoms with Gasteiger partial charge in [-0.2, -0.15) is 0 Å². The van der Waals surface area contributed by atoms with Crippen LogP contribution in [0.15, 0.2) is 29.9 Å². The van der Waals surface area contributed by atoms with Crippen LogP contribution in [0.4, 0.5) is 0 Å². The molecule has 0 bridgehead atoms. The van der Waals surface area contributed by atoms with Crippen LogP contribution in [0.25, 0.3) is 0 Å². The van der Waals surface area contributed by atoms with E-state index in [0.717, 1.165) is 17.7 Å². The molecule has 0 radical (unpaired) electrons. The first-order valence-corrected chi connectivity index (χ1v) is 6.45. The number of rotatable bonds is 4. The van der Waals surface area contributed by atoms with Crippen molar-refractivity contribution >= 4 is 11.3 Å². The highest BCUT2D eigenvalue weighted by molar-refractivity contribution is 7.09. The molecule has 17 heavy (non-hydrogen) atoms. The van der Waals surface area contributed by atoms with E-state index >= 15 is 0 Å². The Morgan fingerprint density at radius 3 is 3.00 bits per heavy atom. The SMILES string of the molecule is Cc1ccc(O)c(C(C)NCc2cncs2)c1. The summed E-state index contributed by atoms with van der Waals surface area (Å²) in [5.41, 5.74) is 3.92. The molecule has 4 heteroatoms. The fourth-order valence-electron chi connectivity index (χ4n) is 1.71. The van der Waals surface area contributed by atoms with Gasteiger partial charge in [-0.05, 0) is 19.9 Å². The van der Waals surface area contributed by atoms with Crippen LogP contribution in [0.1, 0.15) is 29.0 Å². The highest BCUT2D eigenvalue weighted by Gasteiger charge is 2.10. The van der Waals surface area contributed by atoms with Gasteiger partial charge in [-0.25, -0.2) is 0 Å². The topological polar surface area (TPSA) is 45.1 Å². The Hall–Kier alpha value is -1.39. The minimum absolute atomic E-state index is 0.122. The zero-order chi connectivity index (χ0) is 12.3. The zero-order valence-corrected chi connectivity index (χ0v) is 10.8. The molecule has 0 spiro atoms. The van der Waals surface area contributed by atoms with Gasteiger partial charge in [-0.15, -0.1) is 11.3 Å². The van der Waals surface area contributed by atoms with Gasteiger partial charge in [0.05, 0.1) is 5.51 Å². The van der Waals surface area contributed by atoms with E-state index in [1.54, 1.807) is 17.4 Å². The van der Waals surface area contributed by atoms with Crippen molar-refractivity contribution in [1.29, 1.82) is 0 Å². The minimum Gasteiger partial charge on any atom is -0.508 e. The van der Waals surface area contributed by atoms with Gasteiger partial charge in [-0.1, -0.05) is 17.7 Å². The van der Waals surface area contributed by atoms with E-state index in [1.807, 2.05) is 30.8 Å². The number of benzene rings is 1. The first-order valence-electron chi connectivity index (χ1n) is 5.57. The van der Waals surface area contributed by atoms with Crippen LogP contribution in [0.5, 0.6) is 5.75 Å². The fraction of sp³-hybridized carbons (Fsp3) is 0.308. The number of aryl methyl sites for hydroxylation is 1. The van der Waals surface area contributed by atoms with Gasteiger partial charge in [0.1, 0.15) is 5.75 Å². The maximum atomic E-state index is 9.81. The van der Waals surface area contributed by atoms with Gasteiger partial charge >= 0.3 is 0 Å². The number of nitrogens with zero attached hydrogens (tertiary/aromatic N) is 1. The smallest absolute Gasteiger partial charge is 0.120 e. The molecule has 2 rings (SSSR count). The molecule has 0 saturated heterocycles. The van der Waals surface area contributed by atoms with Crippen LogP contribution in [0, 0.1) is 6.92 Å². The van der Waals surface area contributed by atoms with Gasteiger partial charge in [-0.3, -0.25) is 4.98 Å². The van der Waals surface area contributed by atoms with E-state index in [2.05, 4.69) is 17.2 Å². The number of phenols is 1. The molecular formula is C13H16N2OS. The standard InChI is InChI=1S/C13H16N2OS/c1-9-3-4-13(16)12(5-9)10(2)15-7-11-6-14-8-17-11/h3-6,8,10,15-16H,7H2,1-2H3. The van der Waals surface area contributed by atoms with Crippen LogP contribution >= 0.6 is 11.3 Å². The van der Waals surface area contributed by atoms with Crippen LogP contribution in [-0.2, 0) is 6.54 Å². The first-order chi connectivity index (χ1) is 8.16. The largest absolute Gasteiger partial charge is 0.508 e. The summed E-state index contributed by atoms with van der Waals surface area (Å²) in [6, 6.07) is 5.79. The molecule has 2 aromatic rings. The summed E-state index contributed by atoms with van der Waals surface area (Å²) in [6.07, 6.45) is 1.86. The van der Waals surface area contributed by atoms with E-state index in [0.29, 0.717) is 5.75 Å². The second-order valence-electron chi connectivity index (χ2n) is 4.13. The average molecular weight is 248 g/mol. The maximum Gasteiger partial charge on any atom is 0.120 e. The molecule has 2 N–H and O–H groups in total. The highest BCUT2D eigenvalue weighted by Crippen LogP contribution is 2.25. The van der Waals surface area contributed by atoms with Crippen molar-refractivity contribution in [2.24, 2.45) is 0 Å². The molecule has 1 atom stereocenters. The zero-order valence-electron chi connectivity index (χ0n) is 9.97. The summed E-state index contributed by atoms with van der Waals surface area (Å²) >= 11 is 1.63. The number of nitrogens with one attached hydrogen (secondary N) is 1. The van der Waals surface area contributed by atoms with E-state index in [4.69, 9.17) is 0 Å². The molecule has 0 saturated carbocycles. The van der Waals surface area contributed by atoms with Gasteiger partial charge in [0.15, 0.2) is 0 Å². The Bertz CT molecular complexity index is 482. The molecule has 1 aromatic carbocycles. The van der Waals surface area contributed by atoms with Crippen LogP contribution in [0.2, 0.25) is 0 Å². The van der Waals surface area contributed by atoms with Crippen LogP contribution < -0.4 is 5.32 Å². The third kappa shape index (κ3) is 3.05. The van der Waals surface area contributed by atoms with Crippen molar-refractivity contribution in [1.82, 2.24) is 10.3 Å². The minimum atomic E-state index is 0.122. The summed E-state index contributed by atoms with van der Waals surface area (Å²) in [6.45, 7) is 4.85. The summed E-state index contributed by atoms with van der Waals surface area (Å²) in [5.74, 6) is 0.347. The number of hydrogen-bond donors (Lipinski definition) is 2. The van der Waals surface area contributed by atoms with E-state index in [-0.39, 0.29) is 6.04 Å². The molecule has 1 unspecified atom stereocenters. The summed E-state index contributed by atoms with van der Waals surface area (Å²) < 4.78 is 0. The third-order valence-electron chi connectivity index (χ3n) is 2.72. The normalized spacial score (nSPS) is 12.6. The Morgan fingerprint density at radius 2 is 2.29 bits per heavy atom. The van der Waals surface area contributed by atoms with Gasteiger partial charge in [0, 0.05) is 29.2 Å². The number of phenolic OH excluding ortho intramolecular Hbond substituents is 1. The lowest BCUT2D eigenvalue weighted by atomic mass is 10.0. The van der Waals surface area contributed by atoms with Gasteiger partial charge in [0.2, 0.25) is 0 Å². The van der Waals surface area contributed by atoms with E-state index in [9.17, 15) is 5.11 Å². The van der Waals surface area contributed by atoms with Crippen molar-refractivity contribution in [2.45, 2.75) is 26.4 Å². The van der Waals surface area contributed by atoms with Gasteiger partial charge in [0.25, 0.3) is 0 Å². The molecule has 0 amide bonds. The molecule has 90 valence electrons. The Labute approximate surface area is 105 Å². The summed E-state index contributed by atoms with van der Waals surface area (Å²) in [7, 11) is 0. The maximum absolute atomic E-state index is 9.81. The summed E-state index contributed by atoms with van der Waals surface area (Å²) in [4.78, 5) is 5.23. The lowest BCUT2D eigenvalue weighted by molar-refractivity contribution is 0.452. The van der Waals surface area contributed by atoms with Crippen molar-refractivity contribution in [3.63, 3.8) is 0 Å². The second-order valence-corrected chi connectivity index (χ2v) is 5.10. The quantitative estimate of drug-likeness (QED) is 0.874. The summed E-state index contributed by atoms with van der Waals surface area (Å²) in [5, 5.41) is 13.2. The Kier molecular flexibility index (Phi) is 3.76. The molecule has 0 fully saturated rings. The lowest BCUT2D eigenvalue weighted by Gasteiger charge is -2.15. The molecule has 1 aromatic heterocycles. The van der Waals surface area contributed by atoms with Crippen LogP contribution in [0.3, 0.4) is 0 Å². The highest BCUT2D eigenvalue weighted by atomic mass is 32.1. The van der Waals surface area contributed by atoms with Crippen molar-refractivity contribution in [2.75, 3.05) is 0 Å². The van der Waals surface area contributed by atoms with Gasteiger partial charge < -0.3 is 10.4 Å². The molecular weight excluding hydrogens is 232 g/mol. The molecule has 0 aliphatic carbocycles. The Morgan fingerprint density at radius 1 is 1.47 bits per heavy atom. The number of aromatic nitrogens is 1. The van der Waals surface area contributed by atoms with Crippen molar-refractivity contribution < 1.29 is 5.11 Å². The van der Waals surface area contributed by atoms with E-state index in [1.165, 1.54) is 4.88 Å². The fourth-order valence-corrected chi connectivity index (χ4v) is 2.26. The molecule has 1 heterocycles. The third-order valence-corrected chi connectivity index (χ3v) is 3.50. The predicted octanol–water partition coefficient (Wildman–Crippen LogP) is 3.01. The number of hydrogen-bond acceptors (Lipinski definition) is 4.